The predicted octanol–water partition coefficient (Wildman–Crippen LogP) is 2.41. The van der Waals surface area contributed by atoms with Gasteiger partial charge in [-0.1, -0.05) is 12.1 Å². The first kappa shape index (κ1) is 14.9. The largest absolute Gasteiger partial charge is 0.489 e. The molecule has 1 heterocycles. The molecule has 2 N–H and O–H groups in total. The van der Waals surface area contributed by atoms with E-state index in [1.807, 2.05) is 0 Å². The number of hydrogen-bond acceptors (Lipinski definition) is 4. The lowest BCUT2D eigenvalue weighted by Crippen LogP contribution is -2.14. The van der Waals surface area contributed by atoms with Crippen LogP contribution in [-0.4, -0.2) is 17.1 Å². The fourth-order valence-electron chi connectivity index (χ4n) is 1.75. The molecule has 0 atom stereocenters. The fourth-order valence-corrected chi connectivity index (χ4v) is 1.75. The third kappa shape index (κ3) is 3.53. The molecule has 21 heavy (non-hydrogen) atoms. The molecular formula is C13H12F3N3O2. The first-order chi connectivity index (χ1) is 9.91. The second kappa shape index (κ2) is 5.86. The van der Waals surface area contributed by atoms with Crippen molar-refractivity contribution in [2.45, 2.75) is 12.7 Å². The Hall–Kier alpha value is -2.51. The van der Waals surface area contributed by atoms with E-state index in [9.17, 15) is 18.0 Å². The molecule has 1 aromatic carbocycles. The number of ether oxygens (including phenoxy) is 1. The van der Waals surface area contributed by atoms with Gasteiger partial charge in [-0.05, 0) is 17.7 Å². The number of nitrogens with one attached hydrogen (secondary N) is 2. The molecule has 0 aliphatic rings. The number of hydrogen-bond donors (Lipinski definition) is 2. The van der Waals surface area contributed by atoms with Gasteiger partial charge in [-0.15, -0.1) is 0 Å². The van der Waals surface area contributed by atoms with Crippen molar-refractivity contribution in [1.82, 2.24) is 9.97 Å². The lowest BCUT2D eigenvalue weighted by atomic mass is 10.1. The number of alkyl halides is 3. The van der Waals surface area contributed by atoms with E-state index in [2.05, 4.69) is 15.3 Å². The lowest BCUT2D eigenvalue weighted by molar-refractivity contribution is -0.137. The average molecular weight is 299 g/mol. The lowest BCUT2D eigenvalue weighted by Gasteiger charge is -2.11. The third-order valence-electron chi connectivity index (χ3n) is 2.73. The predicted molar refractivity (Wildman–Crippen MR) is 70.2 cm³/mol. The first-order valence-corrected chi connectivity index (χ1v) is 5.93. The van der Waals surface area contributed by atoms with Gasteiger partial charge in [-0.3, -0.25) is 4.79 Å². The number of methoxy groups -OCH3 is 1. The van der Waals surface area contributed by atoms with Crippen molar-refractivity contribution in [3.8, 4) is 5.75 Å². The summed E-state index contributed by atoms with van der Waals surface area (Å²) in [5.74, 6) is 0.142. The van der Waals surface area contributed by atoms with Gasteiger partial charge in [0.1, 0.15) is 0 Å². The summed E-state index contributed by atoms with van der Waals surface area (Å²) >= 11 is 0. The van der Waals surface area contributed by atoms with Crippen molar-refractivity contribution in [3.63, 3.8) is 0 Å². The monoisotopic (exact) mass is 299 g/mol. The smallest absolute Gasteiger partial charge is 0.416 e. The third-order valence-corrected chi connectivity index (χ3v) is 2.73. The zero-order chi connectivity index (χ0) is 15.5. The number of nitrogens with zero attached hydrogens (tertiary/aromatic N) is 1. The van der Waals surface area contributed by atoms with E-state index in [4.69, 9.17) is 4.74 Å². The number of halogens is 3. The van der Waals surface area contributed by atoms with E-state index in [0.29, 0.717) is 5.56 Å². The molecule has 112 valence electrons. The zero-order valence-electron chi connectivity index (χ0n) is 11.0. The van der Waals surface area contributed by atoms with Crippen LogP contribution in [-0.2, 0) is 12.7 Å². The maximum absolute atomic E-state index is 12.6. The van der Waals surface area contributed by atoms with Crippen LogP contribution in [0.4, 0.5) is 19.0 Å². The minimum Gasteiger partial charge on any atom is -0.489 e. The Balaban J connectivity index is 2.18. The van der Waals surface area contributed by atoms with Crippen LogP contribution in [0.2, 0.25) is 0 Å². The van der Waals surface area contributed by atoms with Crippen LogP contribution in [0.3, 0.4) is 0 Å². The normalized spacial score (nSPS) is 11.2. The van der Waals surface area contributed by atoms with E-state index in [1.165, 1.54) is 19.5 Å². The Bertz CT molecular complexity index is 683. The first-order valence-electron chi connectivity index (χ1n) is 5.93. The highest BCUT2D eigenvalue weighted by Gasteiger charge is 2.30. The molecule has 0 saturated heterocycles. The van der Waals surface area contributed by atoms with E-state index in [-0.39, 0.29) is 18.1 Å². The summed E-state index contributed by atoms with van der Waals surface area (Å²) in [5.41, 5.74) is -0.791. The van der Waals surface area contributed by atoms with Crippen LogP contribution < -0.4 is 15.6 Å². The second-order valence-electron chi connectivity index (χ2n) is 4.17. The average Bonchev–Trinajstić information content (AvgIpc) is 2.44. The molecule has 0 aliphatic heterocycles. The van der Waals surface area contributed by atoms with Gasteiger partial charge in [-0.25, -0.2) is 4.98 Å². The van der Waals surface area contributed by atoms with Gasteiger partial charge >= 0.3 is 6.18 Å². The molecule has 0 unspecified atom stereocenters. The Labute approximate surface area is 117 Å². The maximum atomic E-state index is 12.6. The SMILES string of the molecule is COc1c(NCc2cccc(C(F)(F)F)c2)nc[nH]c1=O. The molecule has 0 fully saturated rings. The van der Waals surface area contributed by atoms with Gasteiger partial charge in [0.2, 0.25) is 5.75 Å². The van der Waals surface area contributed by atoms with Crippen LogP contribution in [0, 0.1) is 0 Å². The van der Waals surface area contributed by atoms with Gasteiger partial charge in [0.25, 0.3) is 5.56 Å². The van der Waals surface area contributed by atoms with E-state index < -0.39 is 17.3 Å². The molecule has 1 aromatic heterocycles. The Morgan fingerprint density at radius 1 is 1.38 bits per heavy atom. The van der Waals surface area contributed by atoms with Gasteiger partial charge in [0.15, 0.2) is 5.82 Å². The minimum absolute atomic E-state index is 0.0236. The Morgan fingerprint density at radius 2 is 2.14 bits per heavy atom. The summed E-state index contributed by atoms with van der Waals surface area (Å²) < 4.78 is 42.7. The standard InChI is InChI=1S/C13H12F3N3O2/c1-21-10-11(18-7-19-12(10)20)17-6-8-3-2-4-9(5-8)13(14,15)16/h2-5,7H,6H2,1H3,(H2,17,18,19,20). The number of benzene rings is 1. The Kier molecular flexibility index (Phi) is 4.15. The number of aromatic nitrogens is 2. The molecule has 8 heteroatoms. The summed E-state index contributed by atoms with van der Waals surface area (Å²) in [7, 11) is 1.31. The number of anilines is 1. The molecular weight excluding hydrogens is 287 g/mol. The molecule has 0 saturated carbocycles. The van der Waals surface area contributed by atoms with Crippen molar-refractivity contribution in [2.75, 3.05) is 12.4 Å². The highest BCUT2D eigenvalue weighted by atomic mass is 19.4. The van der Waals surface area contributed by atoms with E-state index in [1.54, 1.807) is 6.07 Å². The van der Waals surface area contributed by atoms with Crippen LogP contribution >= 0.6 is 0 Å². The highest BCUT2D eigenvalue weighted by molar-refractivity contribution is 5.48. The van der Waals surface area contributed by atoms with E-state index in [0.717, 1.165) is 12.1 Å². The van der Waals surface area contributed by atoms with Gasteiger partial charge in [0.05, 0.1) is 19.0 Å². The fraction of sp³-hybridized carbons (Fsp3) is 0.231. The summed E-state index contributed by atoms with van der Waals surface area (Å²) in [6, 6.07) is 4.90. The van der Waals surface area contributed by atoms with Crippen molar-refractivity contribution < 1.29 is 17.9 Å². The number of aromatic amines is 1. The number of rotatable bonds is 4. The van der Waals surface area contributed by atoms with Crippen molar-refractivity contribution in [3.05, 3.63) is 52.1 Å². The van der Waals surface area contributed by atoms with Crippen LogP contribution in [0.15, 0.2) is 35.4 Å². The van der Waals surface area contributed by atoms with Gasteiger partial charge in [-0.2, -0.15) is 13.2 Å². The topological polar surface area (TPSA) is 67.0 Å². The van der Waals surface area contributed by atoms with E-state index >= 15 is 0 Å². The molecule has 0 amide bonds. The maximum Gasteiger partial charge on any atom is 0.416 e. The summed E-state index contributed by atoms with van der Waals surface area (Å²) in [6.45, 7) is 0.0801. The molecule has 0 spiro atoms. The summed E-state index contributed by atoms with van der Waals surface area (Å²) in [6.07, 6.45) is -3.21. The van der Waals surface area contributed by atoms with Crippen LogP contribution in [0.1, 0.15) is 11.1 Å². The highest BCUT2D eigenvalue weighted by Crippen LogP contribution is 2.29. The van der Waals surface area contributed by atoms with Gasteiger partial charge in [0, 0.05) is 6.54 Å². The summed E-state index contributed by atoms with van der Waals surface area (Å²) in [5, 5.41) is 2.78. The van der Waals surface area contributed by atoms with Crippen molar-refractivity contribution in [1.29, 1.82) is 0 Å². The number of H-pyrrole nitrogens is 1. The molecule has 0 radical (unpaired) electrons. The molecule has 0 bridgehead atoms. The molecule has 5 nitrogen and oxygen atoms in total. The van der Waals surface area contributed by atoms with Gasteiger partial charge < -0.3 is 15.0 Å². The van der Waals surface area contributed by atoms with Crippen molar-refractivity contribution >= 4 is 5.82 Å². The van der Waals surface area contributed by atoms with Crippen molar-refractivity contribution in [2.24, 2.45) is 0 Å². The zero-order valence-corrected chi connectivity index (χ0v) is 11.0. The van der Waals surface area contributed by atoms with Crippen LogP contribution in [0.5, 0.6) is 5.75 Å². The minimum atomic E-state index is -4.39. The quantitative estimate of drug-likeness (QED) is 0.910. The summed E-state index contributed by atoms with van der Waals surface area (Å²) in [4.78, 5) is 17.7. The molecule has 2 rings (SSSR count). The molecule has 0 aliphatic carbocycles. The molecule has 2 aromatic rings. The Morgan fingerprint density at radius 3 is 2.81 bits per heavy atom. The second-order valence-corrected chi connectivity index (χ2v) is 4.17. The van der Waals surface area contributed by atoms with Crippen LogP contribution in [0.25, 0.3) is 0 Å².